The number of para-hydroxylation sites is 1. The van der Waals surface area contributed by atoms with Crippen LogP contribution in [0.25, 0.3) is 0 Å². The molecule has 1 aromatic carbocycles. The maximum Gasteiger partial charge on any atom is 0.242 e. The topological polar surface area (TPSA) is 40.6 Å². The molecule has 0 saturated heterocycles. The van der Waals surface area contributed by atoms with Gasteiger partial charge in [0.25, 0.3) is 0 Å². The number of amides is 2. The van der Waals surface area contributed by atoms with Crippen LogP contribution in [0.5, 0.6) is 0 Å². The number of carbonyl (C=O) groups is 2. The molecule has 1 aliphatic heterocycles. The summed E-state index contributed by atoms with van der Waals surface area (Å²) in [5.74, 6) is -0.153. The molecule has 0 spiro atoms. The Kier molecular flexibility index (Phi) is 5.45. The minimum atomic E-state index is -1.03. The third-order valence-electron chi connectivity index (χ3n) is 4.48. The second kappa shape index (κ2) is 7.16. The summed E-state index contributed by atoms with van der Waals surface area (Å²) in [4.78, 5) is 29.6. The van der Waals surface area contributed by atoms with Gasteiger partial charge in [0, 0.05) is 25.3 Å². The largest absolute Gasteiger partial charge is 0.342 e. The van der Waals surface area contributed by atoms with E-state index in [9.17, 15) is 9.59 Å². The number of benzene rings is 1. The van der Waals surface area contributed by atoms with E-state index in [1.54, 1.807) is 18.7 Å². The second-order valence-electron chi connectivity index (χ2n) is 6.75. The van der Waals surface area contributed by atoms with Crippen molar-refractivity contribution in [3.05, 3.63) is 29.8 Å². The summed E-state index contributed by atoms with van der Waals surface area (Å²) in [5.41, 5.74) is 1.11. The van der Waals surface area contributed by atoms with Crippen molar-refractivity contribution in [3.63, 3.8) is 0 Å². The Morgan fingerprint density at radius 2 is 1.74 bits per heavy atom. The molecule has 126 valence electrons. The van der Waals surface area contributed by atoms with Crippen molar-refractivity contribution in [1.29, 1.82) is 0 Å². The molecule has 0 fully saturated rings. The van der Waals surface area contributed by atoms with Gasteiger partial charge in [-0.3, -0.25) is 9.59 Å². The molecule has 1 heterocycles. The van der Waals surface area contributed by atoms with E-state index in [-0.39, 0.29) is 11.8 Å². The molecule has 2 rings (SSSR count). The van der Waals surface area contributed by atoms with Gasteiger partial charge in [-0.15, -0.1) is 0 Å². The first-order valence-electron chi connectivity index (χ1n) is 8.62. The zero-order chi connectivity index (χ0) is 17.0. The van der Waals surface area contributed by atoms with Crippen LogP contribution in [-0.4, -0.2) is 36.3 Å². The molecule has 4 nitrogen and oxygen atoms in total. The first-order valence-corrected chi connectivity index (χ1v) is 8.62. The molecule has 0 unspecified atom stereocenters. The molecule has 4 heteroatoms. The molecular weight excluding hydrogens is 288 g/mol. The van der Waals surface area contributed by atoms with E-state index in [2.05, 4.69) is 19.9 Å². The highest BCUT2D eigenvalue weighted by Gasteiger charge is 2.43. The van der Waals surface area contributed by atoms with E-state index >= 15 is 0 Å². The number of carbonyl (C=O) groups excluding carboxylic acids is 2. The van der Waals surface area contributed by atoms with E-state index in [0.29, 0.717) is 19.6 Å². The number of fused-ring (bicyclic) bond motifs is 1. The molecule has 0 aliphatic carbocycles. The molecule has 1 aliphatic rings. The normalized spacial score (nSPS) is 13.8. The summed E-state index contributed by atoms with van der Waals surface area (Å²) < 4.78 is 0. The van der Waals surface area contributed by atoms with Crippen LogP contribution in [0.15, 0.2) is 24.3 Å². The minimum absolute atomic E-state index is 0.0596. The molecule has 0 N–H and O–H groups in total. The van der Waals surface area contributed by atoms with Crippen molar-refractivity contribution in [2.45, 2.75) is 47.0 Å². The van der Waals surface area contributed by atoms with E-state index in [1.165, 1.54) is 5.56 Å². The van der Waals surface area contributed by atoms with Gasteiger partial charge in [-0.1, -0.05) is 32.0 Å². The predicted molar refractivity (Wildman–Crippen MR) is 93.4 cm³/mol. The molecule has 0 aromatic heterocycles. The Labute approximate surface area is 139 Å². The van der Waals surface area contributed by atoms with Crippen molar-refractivity contribution >= 4 is 17.5 Å². The third-order valence-corrected chi connectivity index (χ3v) is 4.48. The monoisotopic (exact) mass is 316 g/mol. The molecule has 1 aromatic rings. The van der Waals surface area contributed by atoms with Crippen LogP contribution in [-0.2, 0) is 16.0 Å². The van der Waals surface area contributed by atoms with Gasteiger partial charge in [0.05, 0.1) is 0 Å². The predicted octanol–water partition coefficient (Wildman–Crippen LogP) is 3.25. The molecule has 0 bridgehead atoms. The molecule has 0 saturated carbocycles. The third kappa shape index (κ3) is 3.41. The summed E-state index contributed by atoms with van der Waals surface area (Å²) in [7, 11) is 0. The first-order chi connectivity index (χ1) is 10.9. The highest BCUT2D eigenvalue weighted by molar-refractivity contribution is 6.11. The van der Waals surface area contributed by atoms with Crippen molar-refractivity contribution in [2.24, 2.45) is 5.41 Å². The Balaban J connectivity index is 2.21. The average molecular weight is 316 g/mol. The highest BCUT2D eigenvalue weighted by Crippen LogP contribution is 2.32. The minimum Gasteiger partial charge on any atom is -0.342 e. The number of anilines is 1. The molecule has 0 radical (unpaired) electrons. The smallest absolute Gasteiger partial charge is 0.242 e. The van der Waals surface area contributed by atoms with Gasteiger partial charge >= 0.3 is 0 Å². The lowest BCUT2D eigenvalue weighted by atomic mass is 9.89. The number of rotatable bonds is 6. The first kappa shape index (κ1) is 17.5. The number of nitrogens with zero attached hydrogens (tertiary/aromatic N) is 2. The van der Waals surface area contributed by atoms with Gasteiger partial charge in [-0.25, -0.2) is 0 Å². The molecule has 23 heavy (non-hydrogen) atoms. The molecule has 2 amide bonds. The SMILES string of the molecule is CCCN(CCC)C(=O)C(C)(C)C(=O)N1CCc2ccccc21. The fraction of sp³-hybridized carbons (Fsp3) is 0.579. The maximum absolute atomic E-state index is 13.1. The zero-order valence-electron chi connectivity index (χ0n) is 14.8. The van der Waals surface area contributed by atoms with Gasteiger partial charge in [0.15, 0.2) is 0 Å². The van der Waals surface area contributed by atoms with Gasteiger partial charge in [-0.2, -0.15) is 0 Å². The molecular formula is C19H28N2O2. The van der Waals surface area contributed by atoms with Gasteiger partial charge in [0.2, 0.25) is 11.8 Å². The van der Waals surface area contributed by atoms with E-state index in [0.717, 1.165) is 24.9 Å². The van der Waals surface area contributed by atoms with E-state index < -0.39 is 5.41 Å². The van der Waals surface area contributed by atoms with Crippen LogP contribution in [0.2, 0.25) is 0 Å². The van der Waals surface area contributed by atoms with Crippen molar-refractivity contribution in [2.75, 3.05) is 24.5 Å². The van der Waals surface area contributed by atoms with Crippen molar-refractivity contribution in [1.82, 2.24) is 4.90 Å². The number of hydrogen-bond acceptors (Lipinski definition) is 2. The zero-order valence-corrected chi connectivity index (χ0v) is 14.8. The van der Waals surface area contributed by atoms with Crippen molar-refractivity contribution in [3.8, 4) is 0 Å². The van der Waals surface area contributed by atoms with Gasteiger partial charge in [0.1, 0.15) is 5.41 Å². The van der Waals surface area contributed by atoms with Crippen LogP contribution >= 0.6 is 0 Å². The Hall–Kier alpha value is -1.84. The van der Waals surface area contributed by atoms with Crippen molar-refractivity contribution < 1.29 is 9.59 Å². The van der Waals surface area contributed by atoms with Crippen LogP contribution in [0.4, 0.5) is 5.69 Å². The summed E-state index contributed by atoms with van der Waals surface area (Å²) >= 11 is 0. The quantitative estimate of drug-likeness (QED) is 0.756. The Morgan fingerprint density at radius 1 is 1.13 bits per heavy atom. The Morgan fingerprint density at radius 3 is 2.35 bits per heavy atom. The summed E-state index contributed by atoms with van der Waals surface area (Å²) in [5, 5.41) is 0. The maximum atomic E-state index is 13.1. The number of hydrogen-bond donors (Lipinski definition) is 0. The van der Waals surface area contributed by atoms with Crippen LogP contribution < -0.4 is 4.90 Å². The van der Waals surface area contributed by atoms with Crippen LogP contribution in [0.3, 0.4) is 0 Å². The summed E-state index contributed by atoms with van der Waals surface area (Å²) in [6.07, 6.45) is 2.67. The van der Waals surface area contributed by atoms with Crippen LogP contribution in [0.1, 0.15) is 46.1 Å². The lowest BCUT2D eigenvalue weighted by molar-refractivity contribution is -0.147. The Bertz CT molecular complexity index is 574. The lowest BCUT2D eigenvalue weighted by Crippen LogP contribution is -2.51. The lowest BCUT2D eigenvalue weighted by Gasteiger charge is -2.33. The van der Waals surface area contributed by atoms with E-state index in [4.69, 9.17) is 0 Å². The fourth-order valence-electron chi connectivity index (χ4n) is 3.23. The van der Waals surface area contributed by atoms with Crippen LogP contribution in [0, 0.1) is 5.41 Å². The van der Waals surface area contributed by atoms with E-state index in [1.807, 2.05) is 23.1 Å². The summed E-state index contributed by atoms with van der Waals surface area (Å²) in [6, 6.07) is 7.96. The average Bonchev–Trinajstić information content (AvgIpc) is 2.97. The standard InChI is InChI=1S/C19H28N2O2/c1-5-12-20(13-6-2)17(22)19(3,4)18(23)21-14-11-15-9-7-8-10-16(15)21/h7-10H,5-6,11-14H2,1-4H3. The summed E-state index contributed by atoms with van der Waals surface area (Å²) in [6.45, 7) is 9.72. The molecule has 0 atom stereocenters. The van der Waals surface area contributed by atoms with Gasteiger partial charge < -0.3 is 9.80 Å². The highest BCUT2D eigenvalue weighted by atomic mass is 16.2. The second-order valence-corrected chi connectivity index (χ2v) is 6.75. The van der Waals surface area contributed by atoms with Gasteiger partial charge in [-0.05, 0) is 44.7 Å². The fourth-order valence-corrected chi connectivity index (χ4v) is 3.23.